The van der Waals surface area contributed by atoms with Gasteiger partial charge in [0.05, 0.1) is 30.6 Å². The molecule has 0 bridgehead atoms. The van der Waals surface area contributed by atoms with Crippen LogP contribution in [0.25, 0.3) is 33.2 Å². The largest absolute Gasteiger partial charge is 0.394 e. The summed E-state index contributed by atoms with van der Waals surface area (Å²) < 4.78 is 1.68. The maximum atomic E-state index is 12.4. The van der Waals surface area contributed by atoms with E-state index in [9.17, 15) is 9.90 Å². The Labute approximate surface area is 223 Å². The van der Waals surface area contributed by atoms with Crippen molar-refractivity contribution in [1.82, 2.24) is 35.0 Å². The Morgan fingerprint density at radius 2 is 2.03 bits per heavy atom. The molecular weight excluding hydrogens is 500 g/mol. The van der Waals surface area contributed by atoms with Gasteiger partial charge in [0.1, 0.15) is 12.1 Å². The predicted molar refractivity (Wildman–Crippen MR) is 150 cm³/mol. The monoisotopic (exact) mass is 528 g/mol. The molecule has 0 aliphatic carbocycles. The molecule has 0 spiro atoms. The van der Waals surface area contributed by atoms with Crippen molar-refractivity contribution in [3.05, 3.63) is 72.4 Å². The second kappa shape index (κ2) is 11.5. The Balaban J connectivity index is 1.39. The first kappa shape index (κ1) is 25.6. The maximum absolute atomic E-state index is 12.4. The molecule has 10 nitrogen and oxygen atoms in total. The number of amides is 1. The lowest BCUT2D eigenvalue weighted by atomic mass is 9.94. The van der Waals surface area contributed by atoms with Crippen LogP contribution < -0.4 is 10.6 Å². The minimum Gasteiger partial charge on any atom is -0.394 e. The minimum atomic E-state index is -0.129. The molecule has 5 rings (SSSR count). The summed E-state index contributed by atoms with van der Waals surface area (Å²) in [6.45, 7) is 1.03. The quantitative estimate of drug-likeness (QED) is 0.250. The molecule has 5 aromatic rings. The van der Waals surface area contributed by atoms with Crippen molar-refractivity contribution in [3.8, 4) is 11.3 Å². The number of nitrogens with one attached hydrogen (secondary N) is 2. The topological polar surface area (TPSA) is 131 Å². The van der Waals surface area contributed by atoms with Gasteiger partial charge in [0.25, 0.3) is 5.91 Å². The molecule has 0 saturated heterocycles. The van der Waals surface area contributed by atoms with Crippen LogP contribution in [0.4, 0.5) is 5.82 Å². The molecule has 1 amide bonds. The van der Waals surface area contributed by atoms with Gasteiger partial charge in [-0.25, -0.2) is 19.6 Å². The number of anilines is 1. The fourth-order valence-corrected chi connectivity index (χ4v) is 5.23. The standard InChI is InChI=1S/C27H28N8O2S/c1-28-27(37)22-6-5-20(25-21(22)4-3-7-29-25)19(15-38-2)13-30-24-11-23(32-16-33-24)17-10-18-14-34-35(8-9-36)26(18)31-12-17/h3-7,10-12,14,16,19,36H,8-9,13,15H2,1-2H3,(H,28,37)(H,30,32,33). The molecule has 11 heteroatoms. The van der Waals surface area contributed by atoms with Crippen molar-refractivity contribution in [2.45, 2.75) is 12.5 Å². The summed E-state index contributed by atoms with van der Waals surface area (Å²) in [7, 11) is 1.63. The van der Waals surface area contributed by atoms with E-state index < -0.39 is 0 Å². The molecule has 194 valence electrons. The lowest BCUT2D eigenvalue weighted by Crippen LogP contribution is -2.20. The van der Waals surface area contributed by atoms with Gasteiger partial charge in [0, 0.05) is 65.6 Å². The van der Waals surface area contributed by atoms with Crippen LogP contribution in [0.2, 0.25) is 0 Å². The van der Waals surface area contributed by atoms with Crippen LogP contribution in [-0.4, -0.2) is 72.9 Å². The van der Waals surface area contributed by atoms with Crippen molar-refractivity contribution in [2.24, 2.45) is 0 Å². The number of aromatic nitrogens is 6. The number of thioether (sulfide) groups is 1. The predicted octanol–water partition coefficient (Wildman–Crippen LogP) is 3.35. The van der Waals surface area contributed by atoms with Gasteiger partial charge >= 0.3 is 0 Å². The first-order valence-corrected chi connectivity index (χ1v) is 13.6. The fraction of sp³-hybridized carbons (Fsp3) is 0.259. The van der Waals surface area contributed by atoms with E-state index in [0.29, 0.717) is 24.5 Å². The third-order valence-electron chi connectivity index (χ3n) is 6.36. The van der Waals surface area contributed by atoms with Crippen LogP contribution in [0.3, 0.4) is 0 Å². The highest BCUT2D eigenvalue weighted by Gasteiger charge is 2.19. The summed E-state index contributed by atoms with van der Waals surface area (Å²) in [5, 5.41) is 21.4. The summed E-state index contributed by atoms with van der Waals surface area (Å²) in [6.07, 6.45) is 8.87. The van der Waals surface area contributed by atoms with E-state index in [4.69, 9.17) is 0 Å². The zero-order valence-electron chi connectivity index (χ0n) is 21.1. The van der Waals surface area contributed by atoms with Crippen LogP contribution >= 0.6 is 11.8 Å². The SMILES string of the molecule is CNC(=O)c1ccc(C(CNc2cc(-c3cnc4c(cnn4CCO)c3)ncn2)CSC)c2ncccc12. The number of aliphatic hydroxyl groups is 1. The van der Waals surface area contributed by atoms with E-state index in [-0.39, 0.29) is 18.4 Å². The number of benzene rings is 1. The van der Waals surface area contributed by atoms with Gasteiger partial charge < -0.3 is 15.7 Å². The van der Waals surface area contributed by atoms with Crippen LogP contribution in [0.1, 0.15) is 21.8 Å². The molecule has 0 aliphatic rings. The number of hydrogen-bond acceptors (Lipinski definition) is 9. The van der Waals surface area contributed by atoms with Gasteiger partial charge in [-0.2, -0.15) is 16.9 Å². The van der Waals surface area contributed by atoms with Crippen molar-refractivity contribution < 1.29 is 9.90 Å². The van der Waals surface area contributed by atoms with Crippen LogP contribution in [0.15, 0.2) is 61.3 Å². The Hall–Kier alpha value is -4.09. The summed E-state index contributed by atoms with van der Waals surface area (Å²) in [5.74, 6) is 1.58. The Morgan fingerprint density at radius 1 is 1.13 bits per heavy atom. The Morgan fingerprint density at radius 3 is 2.84 bits per heavy atom. The normalized spacial score (nSPS) is 12.1. The molecule has 0 aliphatic heterocycles. The molecule has 1 atom stereocenters. The minimum absolute atomic E-state index is 0.00273. The third-order valence-corrected chi connectivity index (χ3v) is 7.10. The average molecular weight is 529 g/mol. The number of rotatable bonds is 10. The van der Waals surface area contributed by atoms with E-state index in [1.807, 2.05) is 36.4 Å². The van der Waals surface area contributed by atoms with Crippen molar-refractivity contribution in [2.75, 3.05) is 37.5 Å². The zero-order chi connectivity index (χ0) is 26.5. The van der Waals surface area contributed by atoms with Gasteiger partial charge in [0.2, 0.25) is 0 Å². The first-order chi connectivity index (χ1) is 18.6. The first-order valence-electron chi connectivity index (χ1n) is 12.2. The molecule has 1 aromatic carbocycles. The number of nitrogens with zero attached hydrogens (tertiary/aromatic N) is 6. The molecule has 0 radical (unpaired) electrons. The third kappa shape index (κ3) is 5.15. The van der Waals surface area contributed by atoms with E-state index in [1.165, 1.54) is 6.33 Å². The summed E-state index contributed by atoms with van der Waals surface area (Å²) >= 11 is 1.76. The number of fused-ring (bicyclic) bond motifs is 2. The summed E-state index contributed by atoms with van der Waals surface area (Å²) in [5.41, 5.74) is 4.85. The Kier molecular flexibility index (Phi) is 7.75. The number of aliphatic hydroxyl groups excluding tert-OH is 1. The van der Waals surface area contributed by atoms with Crippen LogP contribution in [0, 0.1) is 0 Å². The summed E-state index contributed by atoms with van der Waals surface area (Å²) in [6, 6.07) is 11.6. The van der Waals surface area contributed by atoms with Crippen molar-refractivity contribution in [3.63, 3.8) is 0 Å². The highest BCUT2D eigenvalue weighted by molar-refractivity contribution is 7.98. The lowest BCUT2D eigenvalue weighted by molar-refractivity contribution is 0.0964. The fourth-order valence-electron chi connectivity index (χ4n) is 4.53. The van der Waals surface area contributed by atoms with Gasteiger partial charge in [0.15, 0.2) is 5.65 Å². The second-order valence-corrected chi connectivity index (χ2v) is 9.64. The molecule has 4 aromatic heterocycles. The highest BCUT2D eigenvalue weighted by atomic mass is 32.2. The second-order valence-electron chi connectivity index (χ2n) is 8.73. The Bertz CT molecular complexity index is 1590. The van der Waals surface area contributed by atoms with Gasteiger partial charge in [-0.15, -0.1) is 0 Å². The molecule has 1 unspecified atom stereocenters. The van der Waals surface area contributed by atoms with Gasteiger partial charge in [-0.05, 0) is 30.0 Å². The van der Waals surface area contributed by atoms with Gasteiger partial charge in [-0.1, -0.05) is 12.1 Å². The van der Waals surface area contributed by atoms with Gasteiger partial charge in [-0.3, -0.25) is 9.78 Å². The summed E-state index contributed by atoms with van der Waals surface area (Å²) in [4.78, 5) is 30.5. The highest BCUT2D eigenvalue weighted by Crippen LogP contribution is 2.30. The van der Waals surface area contributed by atoms with Crippen molar-refractivity contribution in [1.29, 1.82) is 0 Å². The van der Waals surface area contributed by atoms with E-state index >= 15 is 0 Å². The van der Waals surface area contributed by atoms with E-state index in [0.717, 1.165) is 44.5 Å². The van der Waals surface area contributed by atoms with Crippen LogP contribution in [0.5, 0.6) is 0 Å². The van der Waals surface area contributed by atoms with Crippen molar-refractivity contribution >= 4 is 45.4 Å². The molecular formula is C27H28N8O2S. The zero-order valence-corrected chi connectivity index (χ0v) is 21.9. The lowest BCUT2D eigenvalue weighted by Gasteiger charge is -2.20. The van der Waals surface area contributed by atoms with Crippen LogP contribution in [-0.2, 0) is 6.54 Å². The molecule has 0 fully saturated rings. The van der Waals surface area contributed by atoms with E-state index in [2.05, 4.69) is 41.9 Å². The molecule has 3 N–H and O–H groups in total. The van der Waals surface area contributed by atoms with E-state index in [1.54, 1.807) is 42.1 Å². The maximum Gasteiger partial charge on any atom is 0.251 e. The molecule has 4 heterocycles. The number of carbonyl (C=O) groups excluding carboxylic acids is 1. The molecule has 38 heavy (non-hydrogen) atoms. The number of pyridine rings is 2. The number of hydrogen-bond donors (Lipinski definition) is 3. The molecule has 0 saturated carbocycles. The average Bonchev–Trinajstić information content (AvgIpc) is 3.36. The number of carbonyl (C=O) groups is 1. The smallest absolute Gasteiger partial charge is 0.251 e.